The molecular formula is C19H26N4OS2. The van der Waals surface area contributed by atoms with Crippen LogP contribution in [0.15, 0.2) is 11.2 Å². The quantitative estimate of drug-likeness (QED) is 0.862. The third-order valence-electron chi connectivity index (χ3n) is 5.55. The number of rotatable bonds is 4. The van der Waals surface area contributed by atoms with Gasteiger partial charge in [-0.05, 0) is 49.7 Å². The maximum absolute atomic E-state index is 12.2. The number of carbonyl (C=O) groups is 1. The number of amides is 1. The number of carbonyl (C=O) groups excluding carboxylic acids is 1. The number of aromatic nitrogens is 3. The summed E-state index contributed by atoms with van der Waals surface area (Å²) >= 11 is 3.42. The van der Waals surface area contributed by atoms with Gasteiger partial charge in [0.15, 0.2) is 11.0 Å². The molecule has 0 aromatic carbocycles. The second-order valence-electron chi connectivity index (χ2n) is 7.33. The molecule has 3 heterocycles. The van der Waals surface area contributed by atoms with E-state index in [1.165, 1.54) is 41.0 Å². The molecule has 1 aliphatic carbocycles. The van der Waals surface area contributed by atoms with E-state index >= 15 is 0 Å². The van der Waals surface area contributed by atoms with Crippen LogP contribution in [0.1, 0.15) is 49.5 Å². The van der Waals surface area contributed by atoms with Crippen molar-refractivity contribution in [2.24, 2.45) is 13.0 Å². The molecule has 140 valence electrons. The molecule has 0 bridgehead atoms. The highest BCUT2D eigenvalue weighted by molar-refractivity contribution is 8.00. The van der Waals surface area contributed by atoms with E-state index < -0.39 is 0 Å². The van der Waals surface area contributed by atoms with Crippen LogP contribution in [0.4, 0.5) is 0 Å². The van der Waals surface area contributed by atoms with Gasteiger partial charge in [0, 0.05) is 18.5 Å². The number of hydrogen-bond donors (Lipinski definition) is 1. The van der Waals surface area contributed by atoms with Crippen LogP contribution in [-0.4, -0.2) is 32.5 Å². The third-order valence-corrected chi connectivity index (χ3v) is 8.08. The molecule has 2 aromatic heterocycles. The van der Waals surface area contributed by atoms with Gasteiger partial charge in [0.25, 0.3) is 0 Å². The van der Waals surface area contributed by atoms with Gasteiger partial charge in [-0.15, -0.1) is 21.5 Å². The number of thiophene rings is 1. The van der Waals surface area contributed by atoms with Crippen molar-refractivity contribution in [1.29, 1.82) is 0 Å². The Bertz CT molecular complexity index is 798. The van der Waals surface area contributed by atoms with Gasteiger partial charge in [-0.1, -0.05) is 31.5 Å². The fraction of sp³-hybridized carbons (Fsp3) is 0.632. The normalized spacial score (nSPS) is 23.4. The average molecular weight is 391 g/mol. The zero-order valence-corrected chi connectivity index (χ0v) is 17.1. The van der Waals surface area contributed by atoms with Crippen molar-refractivity contribution < 1.29 is 4.79 Å². The Hall–Kier alpha value is -1.34. The Balaban J connectivity index is 1.54. The van der Waals surface area contributed by atoms with Gasteiger partial charge in [0.2, 0.25) is 5.91 Å². The summed E-state index contributed by atoms with van der Waals surface area (Å²) in [5.74, 6) is 1.88. The fourth-order valence-electron chi connectivity index (χ4n) is 3.84. The molecule has 2 aromatic rings. The minimum Gasteiger partial charge on any atom is -0.355 e. The van der Waals surface area contributed by atoms with E-state index in [0.717, 1.165) is 42.7 Å². The number of aryl methyl sites for hydroxylation is 1. The lowest BCUT2D eigenvalue weighted by Crippen LogP contribution is -2.30. The molecule has 0 saturated carbocycles. The van der Waals surface area contributed by atoms with E-state index in [-0.39, 0.29) is 11.2 Å². The minimum absolute atomic E-state index is 0.0601. The number of fused-ring (bicyclic) bond motifs is 1. The van der Waals surface area contributed by atoms with Crippen molar-refractivity contribution in [3.63, 3.8) is 0 Å². The largest absolute Gasteiger partial charge is 0.355 e. The third kappa shape index (κ3) is 3.56. The zero-order valence-electron chi connectivity index (χ0n) is 15.5. The van der Waals surface area contributed by atoms with Crippen LogP contribution in [0.2, 0.25) is 0 Å². The Morgan fingerprint density at radius 3 is 3.08 bits per heavy atom. The first-order valence-electron chi connectivity index (χ1n) is 9.61. The predicted molar refractivity (Wildman–Crippen MR) is 107 cm³/mol. The molecule has 1 amide bonds. The maximum Gasteiger partial charge on any atom is 0.233 e. The van der Waals surface area contributed by atoms with Crippen molar-refractivity contribution in [2.75, 3.05) is 6.54 Å². The number of hydrogen-bond acceptors (Lipinski definition) is 5. The van der Waals surface area contributed by atoms with Crippen LogP contribution in [0.5, 0.6) is 0 Å². The smallest absolute Gasteiger partial charge is 0.233 e. The molecule has 2 atom stereocenters. The lowest BCUT2D eigenvalue weighted by atomic mass is 9.87. The lowest BCUT2D eigenvalue weighted by Gasteiger charge is -2.19. The number of nitrogens with zero attached hydrogens (tertiary/aromatic N) is 3. The van der Waals surface area contributed by atoms with Gasteiger partial charge >= 0.3 is 0 Å². The molecule has 1 N–H and O–H groups in total. The molecule has 1 fully saturated rings. The highest BCUT2D eigenvalue weighted by atomic mass is 32.2. The van der Waals surface area contributed by atoms with E-state index in [2.05, 4.69) is 33.1 Å². The Morgan fingerprint density at radius 2 is 2.23 bits per heavy atom. The molecule has 4 rings (SSSR count). The SMILES string of the molecule is CCC1CCc2sc(-c3nnc(SC4CCCCNC4=O)n3C)cc2C1. The van der Waals surface area contributed by atoms with Crippen LogP contribution >= 0.6 is 23.1 Å². The highest BCUT2D eigenvalue weighted by Crippen LogP contribution is 2.38. The van der Waals surface area contributed by atoms with Crippen LogP contribution in [-0.2, 0) is 24.7 Å². The van der Waals surface area contributed by atoms with Crippen molar-refractivity contribution in [1.82, 2.24) is 20.1 Å². The van der Waals surface area contributed by atoms with Crippen LogP contribution < -0.4 is 5.32 Å². The Labute approximate surface area is 163 Å². The van der Waals surface area contributed by atoms with Crippen molar-refractivity contribution in [3.05, 3.63) is 16.5 Å². The standard InChI is InChI=1S/C19H26N4OS2/c1-3-12-7-8-14-13(10-12)11-16(25-14)17-21-22-19(23(17)2)26-15-6-4-5-9-20-18(15)24/h11-12,15H,3-10H2,1-2H3,(H,20,24). The van der Waals surface area contributed by atoms with Gasteiger partial charge in [-0.25, -0.2) is 0 Å². The summed E-state index contributed by atoms with van der Waals surface area (Å²) in [6.07, 6.45) is 8.01. The molecular weight excluding hydrogens is 364 g/mol. The summed E-state index contributed by atoms with van der Waals surface area (Å²) in [5.41, 5.74) is 1.50. The van der Waals surface area contributed by atoms with Gasteiger partial charge in [-0.2, -0.15) is 0 Å². The first kappa shape index (κ1) is 18.0. The van der Waals surface area contributed by atoms with Gasteiger partial charge in [0.1, 0.15) is 0 Å². The first-order valence-corrected chi connectivity index (χ1v) is 11.3. The maximum atomic E-state index is 12.2. The van der Waals surface area contributed by atoms with E-state index in [0.29, 0.717) is 0 Å². The minimum atomic E-state index is -0.0601. The van der Waals surface area contributed by atoms with Crippen LogP contribution in [0, 0.1) is 5.92 Å². The molecule has 0 spiro atoms. The van der Waals surface area contributed by atoms with E-state index in [9.17, 15) is 4.79 Å². The predicted octanol–water partition coefficient (Wildman–Crippen LogP) is 3.82. The molecule has 2 aliphatic rings. The van der Waals surface area contributed by atoms with Crippen LogP contribution in [0.3, 0.4) is 0 Å². The molecule has 5 nitrogen and oxygen atoms in total. The second-order valence-corrected chi connectivity index (χ2v) is 9.64. The van der Waals surface area contributed by atoms with E-state index in [1.807, 2.05) is 18.4 Å². The lowest BCUT2D eigenvalue weighted by molar-refractivity contribution is -0.120. The van der Waals surface area contributed by atoms with Crippen molar-refractivity contribution in [2.45, 2.75) is 62.3 Å². The fourth-order valence-corrected chi connectivity index (χ4v) is 6.13. The molecule has 0 radical (unpaired) electrons. The molecule has 26 heavy (non-hydrogen) atoms. The number of thioether (sulfide) groups is 1. The van der Waals surface area contributed by atoms with Crippen LogP contribution in [0.25, 0.3) is 10.7 Å². The monoisotopic (exact) mass is 390 g/mol. The average Bonchev–Trinajstić information content (AvgIpc) is 3.16. The number of nitrogens with one attached hydrogen (secondary N) is 1. The summed E-state index contributed by atoms with van der Waals surface area (Å²) in [5, 5.41) is 12.6. The molecule has 7 heteroatoms. The van der Waals surface area contributed by atoms with Crippen molar-refractivity contribution >= 4 is 29.0 Å². The van der Waals surface area contributed by atoms with Gasteiger partial charge < -0.3 is 9.88 Å². The summed E-state index contributed by atoms with van der Waals surface area (Å²) < 4.78 is 2.05. The molecule has 2 unspecified atom stereocenters. The summed E-state index contributed by atoms with van der Waals surface area (Å²) in [6.45, 7) is 3.08. The van der Waals surface area contributed by atoms with Crippen molar-refractivity contribution in [3.8, 4) is 10.7 Å². The first-order chi connectivity index (χ1) is 12.7. The van der Waals surface area contributed by atoms with Gasteiger partial charge in [0.05, 0.1) is 10.1 Å². The Morgan fingerprint density at radius 1 is 1.35 bits per heavy atom. The molecule has 1 aliphatic heterocycles. The topological polar surface area (TPSA) is 59.8 Å². The van der Waals surface area contributed by atoms with E-state index in [4.69, 9.17) is 0 Å². The van der Waals surface area contributed by atoms with E-state index in [1.54, 1.807) is 11.8 Å². The summed E-state index contributed by atoms with van der Waals surface area (Å²) in [7, 11) is 2.01. The summed E-state index contributed by atoms with van der Waals surface area (Å²) in [4.78, 5) is 14.9. The van der Waals surface area contributed by atoms with Gasteiger partial charge in [-0.3, -0.25) is 4.79 Å². The molecule has 1 saturated heterocycles. The zero-order chi connectivity index (χ0) is 18.1. The summed E-state index contributed by atoms with van der Waals surface area (Å²) in [6, 6.07) is 2.32. The second kappa shape index (κ2) is 7.72. The Kier molecular flexibility index (Phi) is 5.36. The highest BCUT2D eigenvalue weighted by Gasteiger charge is 2.26.